The fraction of sp³-hybridized carbons (Fsp3) is 0.545. The number of amides is 1. The van der Waals surface area contributed by atoms with E-state index in [2.05, 4.69) is 33.2 Å². The van der Waals surface area contributed by atoms with E-state index in [4.69, 9.17) is 0 Å². The van der Waals surface area contributed by atoms with Crippen molar-refractivity contribution in [3.63, 3.8) is 0 Å². The predicted octanol–water partition coefficient (Wildman–Crippen LogP) is 0.0713. The van der Waals surface area contributed by atoms with Gasteiger partial charge in [0.05, 0.1) is 4.47 Å². The molecule has 1 aliphatic carbocycles. The average Bonchev–Trinajstić information content (AvgIpc) is 3.00. The van der Waals surface area contributed by atoms with Crippen molar-refractivity contribution in [2.75, 3.05) is 6.54 Å². The molecule has 0 saturated heterocycles. The van der Waals surface area contributed by atoms with Crippen LogP contribution < -0.4 is 16.6 Å². The maximum absolute atomic E-state index is 11.6. The predicted molar refractivity (Wildman–Crippen MR) is 69.3 cm³/mol. The Morgan fingerprint density at radius 2 is 2.28 bits per heavy atom. The first-order valence-electron chi connectivity index (χ1n) is 5.73. The van der Waals surface area contributed by atoms with Gasteiger partial charge in [0.1, 0.15) is 6.54 Å². The van der Waals surface area contributed by atoms with Gasteiger partial charge in [-0.1, -0.05) is 6.92 Å². The molecule has 1 heterocycles. The molecule has 1 aromatic rings. The Kier molecular flexibility index (Phi) is 3.70. The van der Waals surface area contributed by atoms with Crippen LogP contribution in [-0.4, -0.2) is 22.0 Å². The summed E-state index contributed by atoms with van der Waals surface area (Å²) in [6.07, 6.45) is 2.46. The second kappa shape index (κ2) is 5.09. The van der Waals surface area contributed by atoms with E-state index in [0.29, 0.717) is 18.4 Å². The summed E-state index contributed by atoms with van der Waals surface area (Å²) in [7, 11) is 0. The van der Waals surface area contributed by atoms with Crippen molar-refractivity contribution in [1.82, 2.24) is 14.9 Å². The highest BCUT2D eigenvalue weighted by atomic mass is 79.9. The molecule has 0 radical (unpaired) electrons. The van der Waals surface area contributed by atoms with Gasteiger partial charge in [-0.05, 0) is 34.2 Å². The second-order valence-electron chi connectivity index (χ2n) is 4.64. The summed E-state index contributed by atoms with van der Waals surface area (Å²) in [5, 5.41) is 2.78. The highest BCUT2D eigenvalue weighted by Crippen LogP contribution is 2.36. The van der Waals surface area contributed by atoms with Gasteiger partial charge in [-0.25, -0.2) is 4.79 Å². The molecule has 1 aliphatic rings. The van der Waals surface area contributed by atoms with Crippen molar-refractivity contribution < 1.29 is 4.79 Å². The lowest BCUT2D eigenvalue weighted by Gasteiger charge is -2.06. The molecule has 0 unspecified atom stereocenters. The molecule has 1 fully saturated rings. The molecule has 18 heavy (non-hydrogen) atoms. The number of rotatable bonds is 4. The van der Waals surface area contributed by atoms with Crippen LogP contribution in [0.5, 0.6) is 0 Å². The molecule has 1 aromatic heterocycles. The van der Waals surface area contributed by atoms with E-state index < -0.39 is 11.2 Å². The first-order chi connectivity index (χ1) is 8.47. The van der Waals surface area contributed by atoms with E-state index >= 15 is 0 Å². The van der Waals surface area contributed by atoms with Crippen LogP contribution in [-0.2, 0) is 11.3 Å². The minimum Gasteiger partial charge on any atom is -0.354 e. The van der Waals surface area contributed by atoms with Crippen LogP contribution in [0, 0.1) is 11.8 Å². The highest BCUT2D eigenvalue weighted by Gasteiger charge is 2.32. The number of H-pyrrole nitrogens is 1. The number of hydrogen-bond donors (Lipinski definition) is 2. The molecule has 2 N–H and O–H groups in total. The van der Waals surface area contributed by atoms with Crippen LogP contribution in [0.2, 0.25) is 0 Å². The summed E-state index contributed by atoms with van der Waals surface area (Å²) in [5.74, 6) is 1.01. The molecule has 0 aliphatic heterocycles. The number of nitrogens with one attached hydrogen (secondary N) is 2. The van der Waals surface area contributed by atoms with Gasteiger partial charge in [-0.15, -0.1) is 0 Å². The van der Waals surface area contributed by atoms with Crippen LogP contribution in [0.1, 0.15) is 13.3 Å². The number of aromatic amines is 1. The molecule has 98 valence electrons. The number of hydrogen-bond acceptors (Lipinski definition) is 3. The summed E-state index contributed by atoms with van der Waals surface area (Å²) in [6, 6.07) is 0. The van der Waals surface area contributed by atoms with Gasteiger partial charge in [0.2, 0.25) is 5.91 Å². The highest BCUT2D eigenvalue weighted by molar-refractivity contribution is 9.10. The zero-order chi connectivity index (χ0) is 13.3. The standard InChI is InChI=1S/C11H14BrN3O3/c1-6-2-7(6)3-13-9(16)5-15-4-8(12)10(17)14-11(15)18/h4,6-7H,2-3,5H2,1H3,(H,13,16)(H,14,17,18)/t6-,7-/m1/s1. The third-order valence-electron chi connectivity index (χ3n) is 3.12. The van der Waals surface area contributed by atoms with Crippen LogP contribution in [0.25, 0.3) is 0 Å². The Morgan fingerprint density at radius 1 is 1.61 bits per heavy atom. The van der Waals surface area contributed by atoms with Crippen molar-refractivity contribution in [2.24, 2.45) is 11.8 Å². The van der Waals surface area contributed by atoms with Gasteiger partial charge < -0.3 is 5.32 Å². The quantitative estimate of drug-likeness (QED) is 0.824. The third-order valence-corrected chi connectivity index (χ3v) is 3.68. The average molecular weight is 316 g/mol. The molecule has 2 atom stereocenters. The maximum Gasteiger partial charge on any atom is 0.328 e. The molecule has 0 aromatic carbocycles. The summed E-state index contributed by atoms with van der Waals surface area (Å²) >= 11 is 3.02. The Morgan fingerprint density at radius 3 is 2.89 bits per heavy atom. The SMILES string of the molecule is C[C@@H]1C[C@@H]1CNC(=O)Cn1cc(Br)c(=O)[nH]c1=O. The van der Waals surface area contributed by atoms with Crippen LogP contribution in [0.4, 0.5) is 0 Å². The maximum atomic E-state index is 11.6. The fourth-order valence-electron chi connectivity index (χ4n) is 1.74. The van der Waals surface area contributed by atoms with Crippen LogP contribution in [0.3, 0.4) is 0 Å². The van der Waals surface area contributed by atoms with Gasteiger partial charge in [0, 0.05) is 12.7 Å². The first kappa shape index (κ1) is 13.1. The molecule has 7 heteroatoms. The van der Waals surface area contributed by atoms with E-state index in [1.54, 1.807) is 0 Å². The topological polar surface area (TPSA) is 84.0 Å². The zero-order valence-electron chi connectivity index (χ0n) is 9.90. The summed E-state index contributed by atoms with van der Waals surface area (Å²) in [4.78, 5) is 36.3. The van der Waals surface area contributed by atoms with E-state index in [1.165, 1.54) is 6.20 Å². The van der Waals surface area contributed by atoms with E-state index in [9.17, 15) is 14.4 Å². The second-order valence-corrected chi connectivity index (χ2v) is 5.50. The molecular formula is C11H14BrN3O3. The summed E-state index contributed by atoms with van der Waals surface area (Å²) < 4.78 is 1.39. The van der Waals surface area contributed by atoms with Crippen molar-refractivity contribution in [1.29, 1.82) is 0 Å². The minimum absolute atomic E-state index is 0.0880. The largest absolute Gasteiger partial charge is 0.354 e. The number of aromatic nitrogens is 2. The zero-order valence-corrected chi connectivity index (χ0v) is 11.5. The molecule has 6 nitrogen and oxygen atoms in total. The minimum atomic E-state index is -0.585. The molecule has 1 saturated carbocycles. The molecule has 2 rings (SSSR count). The van der Waals surface area contributed by atoms with Crippen molar-refractivity contribution in [3.05, 3.63) is 31.5 Å². The molecule has 0 spiro atoms. The molecular weight excluding hydrogens is 302 g/mol. The lowest BCUT2D eigenvalue weighted by atomic mass is 10.3. The van der Waals surface area contributed by atoms with E-state index in [1.807, 2.05) is 0 Å². The lowest BCUT2D eigenvalue weighted by molar-refractivity contribution is -0.121. The van der Waals surface area contributed by atoms with Crippen LogP contribution >= 0.6 is 15.9 Å². The van der Waals surface area contributed by atoms with Crippen molar-refractivity contribution in [3.8, 4) is 0 Å². The Balaban J connectivity index is 1.96. The Bertz CT molecular complexity index is 578. The number of halogens is 1. The third kappa shape index (κ3) is 3.10. The fourth-order valence-corrected chi connectivity index (χ4v) is 2.09. The van der Waals surface area contributed by atoms with Gasteiger partial charge in [-0.2, -0.15) is 0 Å². The molecule has 0 bridgehead atoms. The van der Waals surface area contributed by atoms with Gasteiger partial charge >= 0.3 is 5.69 Å². The number of carbonyl (C=O) groups excluding carboxylic acids is 1. The van der Waals surface area contributed by atoms with Crippen molar-refractivity contribution in [2.45, 2.75) is 19.9 Å². The number of nitrogens with zero attached hydrogens (tertiary/aromatic N) is 1. The lowest BCUT2D eigenvalue weighted by Crippen LogP contribution is -2.36. The van der Waals surface area contributed by atoms with E-state index in [0.717, 1.165) is 11.0 Å². The summed E-state index contributed by atoms with van der Waals surface area (Å²) in [5.41, 5.74) is -1.08. The van der Waals surface area contributed by atoms with Crippen LogP contribution in [0.15, 0.2) is 20.3 Å². The summed E-state index contributed by atoms with van der Waals surface area (Å²) in [6.45, 7) is 2.70. The monoisotopic (exact) mass is 315 g/mol. The Labute approximate surface area is 112 Å². The van der Waals surface area contributed by atoms with E-state index in [-0.39, 0.29) is 16.9 Å². The van der Waals surface area contributed by atoms with Gasteiger partial charge in [0.25, 0.3) is 5.56 Å². The first-order valence-corrected chi connectivity index (χ1v) is 6.52. The van der Waals surface area contributed by atoms with Gasteiger partial charge in [0.15, 0.2) is 0 Å². The normalized spacial score (nSPS) is 21.7. The smallest absolute Gasteiger partial charge is 0.328 e. The number of carbonyl (C=O) groups is 1. The molecule has 1 amide bonds. The Hall–Kier alpha value is -1.37. The van der Waals surface area contributed by atoms with Gasteiger partial charge in [-0.3, -0.25) is 19.1 Å². The van der Waals surface area contributed by atoms with Crippen molar-refractivity contribution >= 4 is 21.8 Å².